The third-order valence-electron chi connectivity index (χ3n) is 2.06. The highest BCUT2D eigenvalue weighted by Gasteiger charge is 2.14. The first-order valence-electron chi connectivity index (χ1n) is 4.58. The number of aromatic nitrogens is 5. The van der Waals surface area contributed by atoms with Gasteiger partial charge in [-0.3, -0.25) is 14.6 Å². The average Bonchev–Trinajstić information content (AvgIpc) is 2.86. The quantitative estimate of drug-likeness (QED) is 0.618. The molecule has 0 spiro atoms. The molecule has 1 amide bonds. The number of carbonyl (C=O) groups is 1. The van der Waals surface area contributed by atoms with Gasteiger partial charge in [-0.1, -0.05) is 0 Å². The molecule has 0 aliphatic carbocycles. The third-order valence-corrected chi connectivity index (χ3v) is 2.06. The minimum absolute atomic E-state index is 0.267. The van der Waals surface area contributed by atoms with Gasteiger partial charge in [0.1, 0.15) is 17.8 Å². The van der Waals surface area contributed by atoms with Gasteiger partial charge in [0, 0.05) is 7.05 Å². The number of nitrogens with two attached hydrogens (primary N) is 1. The van der Waals surface area contributed by atoms with Crippen molar-refractivity contribution in [1.82, 2.24) is 30.3 Å². The van der Waals surface area contributed by atoms with Crippen LogP contribution in [0.2, 0.25) is 0 Å². The van der Waals surface area contributed by atoms with E-state index in [2.05, 4.69) is 25.6 Å². The lowest BCUT2D eigenvalue weighted by Crippen LogP contribution is -2.26. The van der Waals surface area contributed by atoms with E-state index in [-0.39, 0.29) is 12.5 Å². The summed E-state index contributed by atoms with van der Waals surface area (Å²) in [6, 6.07) is 0. The van der Waals surface area contributed by atoms with E-state index in [1.165, 1.54) is 17.2 Å². The van der Waals surface area contributed by atoms with Gasteiger partial charge < -0.3 is 11.1 Å². The molecule has 0 aliphatic heterocycles. The fourth-order valence-electron chi connectivity index (χ4n) is 1.30. The highest BCUT2D eigenvalue weighted by molar-refractivity contribution is 5.97. The smallest absolute Gasteiger partial charge is 0.272 e. The molecule has 84 valence electrons. The number of H-pyrrole nitrogens is 1. The monoisotopic (exact) mass is 221 g/mol. The molecule has 8 nitrogen and oxygen atoms in total. The van der Waals surface area contributed by atoms with Crippen molar-refractivity contribution < 1.29 is 4.79 Å². The van der Waals surface area contributed by atoms with Crippen LogP contribution >= 0.6 is 0 Å². The van der Waals surface area contributed by atoms with Crippen LogP contribution < -0.4 is 11.1 Å². The van der Waals surface area contributed by atoms with Gasteiger partial charge in [0.05, 0.1) is 18.4 Å². The standard InChI is InChI=1S/C8H11N7O/c1-15-7(5(9)2-13-15)8(16)10-3-6-11-4-12-14-6/h2,4H,3,9H2,1H3,(H,10,16)(H,11,12,14). The summed E-state index contributed by atoms with van der Waals surface area (Å²) in [5.74, 6) is 0.281. The van der Waals surface area contributed by atoms with Gasteiger partial charge in [0.2, 0.25) is 0 Å². The lowest BCUT2D eigenvalue weighted by atomic mass is 10.3. The lowest BCUT2D eigenvalue weighted by molar-refractivity contribution is 0.0941. The Morgan fingerprint density at radius 1 is 1.69 bits per heavy atom. The van der Waals surface area contributed by atoms with Crippen molar-refractivity contribution in [3.05, 3.63) is 24.0 Å². The van der Waals surface area contributed by atoms with Crippen molar-refractivity contribution in [2.45, 2.75) is 6.54 Å². The fraction of sp³-hybridized carbons (Fsp3) is 0.250. The number of nitrogens with one attached hydrogen (secondary N) is 2. The Bertz CT molecular complexity index is 467. The summed E-state index contributed by atoms with van der Waals surface area (Å²) in [6.07, 6.45) is 2.81. The highest BCUT2D eigenvalue weighted by atomic mass is 16.2. The second-order valence-corrected chi connectivity index (χ2v) is 3.19. The van der Waals surface area contributed by atoms with Crippen molar-refractivity contribution in [3.63, 3.8) is 0 Å². The van der Waals surface area contributed by atoms with E-state index < -0.39 is 0 Å². The predicted octanol–water partition coefficient (Wildman–Crippen LogP) is -0.950. The highest BCUT2D eigenvalue weighted by Crippen LogP contribution is 2.08. The Labute approximate surface area is 90.9 Å². The first-order valence-corrected chi connectivity index (χ1v) is 4.58. The molecule has 16 heavy (non-hydrogen) atoms. The van der Waals surface area contributed by atoms with Crippen molar-refractivity contribution in [2.24, 2.45) is 7.05 Å². The van der Waals surface area contributed by atoms with Crippen LogP contribution in [0.4, 0.5) is 5.69 Å². The number of aromatic amines is 1. The second kappa shape index (κ2) is 4.01. The van der Waals surface area contributed by atoms with Crippen molar-refractivity contribution in [3.8, 4) is 0 Å². The van der Waals surface area contributed by atoms with Gasteiger partial charge in [0.25, 0.3) is 5.91 Å². The normalized spacial score (nSPS) is 10.3. The number of carbonyl (C=O) groups excluding carboxylic acids is 1. The number of amides is 1. The summed E-state index contributed by atoms with van der Waals surface area (Å²) in [6.45, 7) is 0.267. The molecule has 0 fully saturated rings. The molecule has 0 aliphatic rings. The summed E-state index contributed by atoms with van der Waals surface area (Å²) < 4.78 is 1.42. The van der Waals surface area contributed by atoms with Gasteiger partial charge in [-0.25, -0.2) is 4.98 Å². The zero-order valence-corrected chi connectivity index (χ0v) is 8.64. The van der Waals surface area contributed by atoms with Crippen LogP contribution in [0, 0.1) is 0 Å². The van der Waals surface area contributed by atoms with Crippen LogP contribution in [-0.4, -0.2) is 30.9 Å². The van der Waals surface area contributed by atoms with Crippen LogP contribution in [0.3, 0.4) is 0 Å². The maximum atomic E-state index is 11.7. The summed E-state index contributed by atoms with van der Waals surface area (Å²) in [4.78, 5) is 15.6. The molecule has 0 saturated carbocycles. The number of hydrogen-bond acceptors (Lipinski definition) is 5. The molecule has 0 aromatic carbocycles. The number of nitrogen functional groups attached to an aromatic ring is 1. The zero-order valence-electron chi connectivity index (χ0n) is 8.64. The first kappa shape index (κ1) is 10.1. The van der Waals surface area contributed by atoms with Crippen LogP contribution in [0.15, 0.2) is 12.5 Å². The lowest BCUT2D eigenvalue weighted by Gasteiger charge is -2.04. The predicted molar refractivity (Wildman–Crippen MR) is 55.2 cm³/mol. The Hall–Kier alpha value is -2.38. The largest absolute Gasteiger partial charge is 0.396 e. The topological polar surface area (TPSA) is 115 Å². The van der Waals surface area contributed by atoms with Gasteiger partial charge in [-0.05, 0) is 0 Å². The van der Waals surface area contributed by atoms with Crippen molar-refractivity contribution in [2.75, 3.05) is 5.73 Å². The second-order valence-electron chi connectivity index (χ2n) is 3.19. The van der Waals surface area contributed by atoms with Crippen LogP contribution in [0.1, 0.15) is 16.3 Å². The van der Waals surface area contributed by atoms with Crippen LogP contribution in [0.25, 0.3) is 0 Å². The van der Waals surface area contributed by atoms with E-state index in [1.807, 2.05) is 0 Å². The molecule has 0 atom stereocenters. The number of hydrogen-bond donors (Lipinski definition) is 3. The molecular weight excluding hydrogens is 210 g/mol. The SMILES string of the molecule is Cn1ncc(N)c1C(=O)NCc1ncn[nH]1. The summed E-state index contributed by atoms with van der Waals surface area (Å²) in [5.41, 5.74) is 6.29. The van der Waals surface area contributed by atoms with E-state index in [0.29, 0.717) is 17.2 Å². The molecule has 0 bridgehead atoms. The van der Waals surface area contributed by atoms with Crippen LogP contribution in [-0.2, 0) is 13.6 Å². The summed E-state index contributed by atoms with van der Waals surface area (Å²) >= 11 is 0. The number of rotatable bonds is 3. The molecule has 2 rings (SSSR count). The molecule has 0 unspecified atom stereocenters. The molecular formula is C8H11N7O. The van der Waals surface area contributed by atoms with Gasteiger partial charge in [-0.2, -0.15) is 10.2 Å². The van der Waals surface area contributed by atoms with E-state index in [1.54, 1.807) is 7.05 Å². The third kappa shape index (κ3) is 1.85. The van der Waals surface area contributed by atoms with E-state index in [4.69, 9.17) is 5.73 Å². The van der Waals surface area contributed by atoms with E-state index in [0.717, 1.165) is 0 Å². The maximum absolute atomic E-state index is 11.7. The zero-order chi connectivity index (χ0) is 11.5. The number of aryl methyl sites for hydroxylation is 1. The summed E-state index contributed by atoms with van der Waals surface area (Å²) in [5, 5.41) is 12.8. The molecule has 0 radical (unpaired) electrons. The first-order chi connectivity index (χ1) is 7.68. The molecule has 4 N–H and O–H groups in total. The Kier molecular flexibility index (Phi) is 2.54. The summed E-state index contributed by atoms with van der Waals surface area (Å²) in [7, 11) is 1.65. The number of anilines is 1. The maximum Gasteiger partial charge on any atom is 0.272 e. The minimum Gasteiger partial charge on any atom is -0.396 e. The fourth-order valence-corrected chi connectivity index (χ4v) is 1.30. The average molecular weight is 221 g/mol. The van der Waals surface area contributed by atoms with Crippen LogP contribution in [0.5, 0.6) is 0 Å². The Morgan fingerprint density at radius 3 is 3.06 bits per heavy atom. The van der Waals surface area contributed by atoms with Gasteiger partial charge in [0.15, 0.2) is 0 Å². The number of nitrogens with zero attached hydrogens (tertiary/aromatic N) is 4. The molecule has 8 heteroatoms. The van der Waals surface area contributed by atoms with E-state index >= 15 is 0 Å². The van der Waals surface area contributed by atoms with Crippen molar-refractivity contribution >= 4 is 11.6 Å². The van der Waals surface area contributed by atoms with Gasteiger partial charge in [-0.15, -0.1) is 0 Å². The molecule has 2 aromatic heterocycles. The Balaban J connectivity index is 2.04. The van der Waals surface area contributed by atoms with Gasteiger partial charge >= 0.3 is 0 Å². The molecule has 2 aromatic rings. The molecule has 0 saturated heterocycles. The van der Waals surface area contributed by atoms with Crippen molar-refractivity contribution in [1.29, 1.82) is 0 Å². The molecule has 2 heterocycles. The Morgan fingerprint density at radius 2 is 2.50 bits per heavy atom. The minimum atomic E-state index is -0.297. The van der Waals surface area contributed by atoms with E-state index in [9.17, 15) is 4.79 Å².